The highest BCUT2D eigenvalue weighted by molar-refractivity contribution is 5.47. The highest BCUT2D eigenvalue weighted by Gasteiger charge is 2.24. The molecular weight excluding hydrogens is 248 g/mol. The summed E-state index contributed by atoms with van der Waals surface area (Å²) in [5.41, 5.74) is 2.60. The van der Waals surface area contributed by atoms with Crippen molar-refractivity contribution in [1.29, 1.82) is 0 Å². The van der Waals surface area contributed by atoms with Crippen LogP contribution < -0.4 is 0 Å². The molecule has 2 aromatic rings. The second-order valence-electron chi connectivity index (χ2n) is 6.03. The van der Waals surface area contributed by atoms with Gasteiger partial charge in [0.1, 0.15) is 11.5 Å². The van der Waals surface area contributed by atoms with Crippen LogP contribution >= 0.6 is 0 Å². The summed E-state index contributed by atoms with van der Waals surface area (Å²) in [5, 5.41) is 20.0. The number of aryl methyl sites for hydroxylation is 2. The van der Waals surface area contributed by atoms with Crippen molar-refractivity contribution in [1.82, 2.24) is 0 Å². The van der Waals surface area contributed by atoms with Gasteiger partial charge in [-0.3, -0.25) is 0 Å². The summed E-state index contributed by atoms with van der Waals surface area (Å²) >= 11 is 0. The maximum absolute atomic E-state index is 10.1. The van der Waals surface area contributed by atoms with Crippen LogP contribution in [-0.4, -0.2) is 10.2 Å². The minimum absolute atomic E-state index is 0.189. The van der Waals surface area contributed by atoms with E-state index in [0.29, 0.717) is 5.56 Å². The molecule has 0 heterocycles. The van der Waals surface area contributed by atoms with E-state index in [9.17, 15) is 10.2 Å². The van der Waals surface area contributed by atoms with Crippen LogP contribution in [0.25, 0.3) is 0 Å². The molecule has 2 N–H and O–H groups in total. The average molecular weight is 270 g/mol. The van der Waals surface area contributed by atoms with E-state index in [1.807, 2.05) is 18.2 Å². The molecule has 0 aliphatic rings. The van der Waals surface area contributed by atoms with Crippen LogP contribution in [0.15, 0.2) is 42.5 Å². The van der Waals surface area contributed by atoms with Gasteiger partial charge in [-0.25, -0.2) is 0 Å². The van der Waals surface area contributed by atoms with Crippen LogP contribution in [0.3, 0.4) is 0 Å². The first kappa shape index (κ1) is 14.4. The molecule has 0 radical (unpaired) electrons. The van der Waals surface area contributed by atoms with Crippen molar-refractivity contribution < 1.29 is 10.2 Å². The van der Waals surface area contributed by atoms with Crippen molar-refractivity contribution in [2.24, 2.45) is 0 Å². The van der Waals surface area contributed by atoms with Gasteiger partial charge < -0.3 is 10.2 Å². The molecule has 0 unspecified atom stereocenters. The van der Waals surface area contributed by atoms with Gasteiger partial charge in [0.15, 0.2) is 0 Å². The van der Waals surface area contributed by atoms with Crippen molar-refractivity contribution in [2.75, 3.05) is 0 Å². The third-order valence-corrected chi connectivity index (χ3v) is 3.92. The molecule has 0 aromatic heterocycles. The summed E-state index contributed by atoms with van der Waals surface area (Å²) in [7, 11) is 0. The van der Waals surface area contributed by atoms with E-state index in [1.165, 1.54) is 5.56 Å². The van der Waals surface area contributed by atoms with Crippen molar-refractivity contribution >= 4 is 0 Å². The molecule has 2 heteroatoms. The Balaban J connectivity index is 2.20. The molecular formula is C18H22O2. The molecule has 0 bridgehead atoms. The Hall–Kier alpha value is -1.96. The number of hydrogen-bond acceptors (Lipinski definition) is 2. The summed E-state index contributed by atoms with van der Waals surface area (Å²) in [6, 6.07) is 13.6. The number of aromatic hydroxyl groups is 2. The second kappa shape index (κ2) is 5.58. The van der Waals surface area contributed by atoms with Crippen molar-refractivity contribution in [3.8, 4) is 11.5 Å². The topological polar surface area (TPSA) is 40.5 Å². The van der Waals surface area contributed by atoms with E-state index in [0.717, 1.165) is 18.4 Å². The molecule has 20 heavy (non-hydrogen) atoms. The molecule has 2 rings (SSSR count). The summed E-state index contributed by atoms with van der Waals surface area (Å²) in [6.07, 6.45) is 1.86. The lowest BCUT2D eigenvalue weighted by atomic mass is 9.78. The first-order chi connectivity index (χ1) is 9.40. The monoisotopic (exact) mass is 270 g/mol. The zero-order chi connectivity index (χ0) is 14.8. The quantitative estimate of drug-likeness (QED) is 0.812. The van der Waals surface area contributed by atoms with Crippen LogP contribution in [0, 0.1) is 6.92 Å². The number of rotatable bonds is 4. The van der Waals surface area contributed by atoms with E-state index >= 15 is 0 Å². The summed E-state index contributed by atoms with van der Waals surface area (Å²) in [5.74, 6) is 0.504. The molecule has 2 aromatic carbocycles. The maximum Gasteiger partial charge on any atom is 0.119 e. The van der Waals surface area contributed by atoms with Crippen molar-refractivity contribution in [3.05, 3.63) is 59.2 Å². The minimum Gasteiger partial charge on any atom is -0.508 e. The van der Waals surface area contributed by atoms with Gasteiger partial charge >= 0.3 is 0 Å². The van der Waals surface area contributed by atoms with Crippen LogP contribution in [0.1, 0.15) is 37.0 Å². The van der Waals surface area contributed by atoms with Crippen LogP contribution in [-0.2, 0) is 11.8 Å². The van der Waals surface area contributed by atoms with E-state index in [1.54, 1.807) is 19.1 Å². The lowest BCUT2D eigenvalue weighted by molar-refractivity contribution is 0.410. The van der Waals surface area contributed by atoms with Crippen molar-refractivity contribution in [3.63, 3.8) is 0 Å². The van der Waals surface area contributed by atoms with E-state index < -0.39 is 0 Å². The Morgan fingerprint density at radius 2 is 1.60 bits per heavy atom. The molecule has 2 nitrogen and oxygen atoms in total. The third kappa shape index (κ3) is 3.13. The third-order valence-electron chi connectivity index (χ3n) is 3.92. The zero-order valence-corrected chi connectivity index (χ0v) is 12.4. The Bertz CT molecular complexity index is 586. The fraction of sp³-hybridized carbons (Fsp3) is 0.333. The average Bonchev–Trinajstić information content (AvgIpc) is 2.42. The number of phenols is 2. The normalized spacial score (nSPS) is 11.6. The van der Waals surface area contributed by atoms with E-state index in [4.69, 9.17) is 0 Å². The molecule has 0 atom stereocenters. The summed E-state index contributed by atoms with van der Waals surface area (Å²) in [4.78, 5) is 0. The lowest BCUT2D eigenvalue weighted by Crippen LogP contribution is -2.18. The highest BCUT2D eigenvalue weighted by atomic mass is 16.3. The van der Waals surface area contributed by atoms with Crippen LogP contribution in [0.4, 0.5) is 0 Å². The molecule has 0 saturated heterocycles. The molecule has 0 fully saturated rings. The number of hydrogen-bond donors (Lipinski definition) is 2. The second-order valence-corrected chi connectivity index (χ2v) is 6.03. The van der Waals surface area contributed by atoms with Gasteiger partial charge in [-0.15, -0.1) is 0 Å². The van der Waals surface area contributed by atoms with Gasteiger partial charge in [0, 0.05) is 5.56 Å². The standard InChI is InChI=1S/C18H22O2/c1-13-11-17(20)15(12-16(13)19)18(2,3)10-9-14-7-5-4-6-8-14/h4-8,11-12,19-20H,9-10H2,1-3H3. The molecule has 0 spiro atoms. The number of benzene rings is 2. The molecule has 0 amide bonds. The predicted octanol–water partition coefficient (Wildman–Crippen LogP) is 4.32. The predicted molar refractivity (Wildman–Crippen MR) is 82.3 cm³/mol. The van der Waals surface area contributed by atoms with Gasteiger partial charge in [-0.2, -0.15) is 0 Å². The molecule has 0 aliphatic heterocycles. The molecule has 0 saturated carbocycles. The van der Waals surface area contributed by atoms with Crippen LogP contribution in [0.2, 0.25) is 0 Å². The fourth-order valence-electron chi connectivity index (χ4n) is 2.46. The van der Waals surface area contributed by atoms with E-state index in [-0.39, 0.29) is 16.9 Å². The Morgan fingerprint density at radius 3 is 2.25 bits per heavy atom. The van der Waals surface area contributed by atoms with Gasteiger partial charge in [-0.1, -0.05) is 44.2 Å². The zero-order valence-electron chi connectivity index (χ0n) is 12.4. The Morgan fingerprint density at radius 1 is 0.950 bits per heavy atom. The SMILES string of the molecule is Cc1cc(O)c(C(C)(C)CCc2ccccc2)cc1O. The van der Waals surface area contributed by atoms with Gasteiger partial charge in [0.2, 0.25) is 0 Å². The summed E-state index contributed by atoms with van der Waals surface area (Å²) in [6.45, 7) is 5.98. The summed E-state index contributed by atoms with van der Waals surface area (Å²) < 4.78 is 0. The first-order valence-corrected chi connectivity index (χ1v) is 6.97. The van der Waals surface area contributed by atoms with E-state index in [2.05, 4.69) is 26.0 Å². The number of phenolic OH excluding ortho intramolecular Hbond substituents is 2. The van der Waals surface area contributed by atoms with Gasteiger partial charge in [-0.05, 0) is 48.4 Å². The molecule has 0 aliphatic carbocycles. The fourth-order valence-corrected chi connectivity index (χ4v) is 2.46. The van der Waals surface area contributed by atoms with Gasteiger partial charge in [0.25, 0.3) is 0 Å². The van der Waals surface area contributed by atoms with Gasteiger partial charge in [0.05, 0.1) is 0 Å². The Kier molecular flexibility index (Phi) is 4.03. The lowest BCUT2D eigenvalue weighted by Gasteiger charge is -2.26. The van der Waals surface area contributed by atoms with Crippen molar-refractivity contribution in [2.45, 2.75) is 39.0 Å². The largest absolute Gasteiger partial charge is 0.508 e. The smallest absolute Gasteiger partial charge is 0.119 e. The highest BCUT2D eigenvalue weighted by Crippen LogP contribution is 2.38. The maximum atomic E-state index is 10.1. The van der Waals surface area contributed by atoms with Crippen LogP contribution in [0.5, 0.6) is 11.5 Å². The minimum atomic E-state index is -0.189. The first-order valence-electron chi connectivity index (χ1n) is 6.97. The molecule has 106 valence electrons. The Labute approximate surface area is 120 Å².